The molecule has 0 unspecified atom stereocenters. The molecular weight excluding hydrogens is 700 g/mol. The third-order valence-corrected chi connectivity index (χ3v) is 8.53. The van der Waals surface area contributed by atoms with Gasteiger partial charge in [-0.2, -0.15) is 0 Å². The lowest BCUT2D eigenvalue weighted by Crippen LogP contribution is -2.29. The number of anilines is 1. The fourth-order valence-electron chi connectivity index (χ4n) is 5.47. The molecule has 0 atom stereocenters. The predicted molar refractivity (Wildman–Crippen MR) is 180 cm³/mol. The number of aliphatic hydroxyl groups is 1. The van der Waals surface area contributed by atoms with E-state index in [-0.39, 0.29) is 19.8 Å². The Hall–Kier alpha value is -4.38. The summed E-state index contributed by atoms with van der Waals surface area (Å²) >= 11 is 6.90. The molecule has 45 heavy (non-hydrogen) atoms. The van der Waals surface area contributed by atoms with Crippen LogP contribution in [0.4, 0.5) is 5.69 Å². The number of aromatic nitrogens is 3. The number of Topliss-reactive ketones (excluding diaryl/α,β-unsaturated/α-hetero) is 1. The smallest absolute Gasteiger partial charge is 0.299 e. The van der Waals surface area contributed by atoms with Crippen molar-refractivity contribution < 1.29 is 19.4 Å². The Morgan fingerprint density at radius 1 is 0.844 bits per heavy atom. The lowest BCUT2D eigenvalue weighted by Gasteiger charge is -2.18. The number of aryl methyl sites for hydroxylation is 1. The number of rotatable bonds is 11. The van der Waals surface area contributed by atoms with Gasteiger partial charge in [0.15, 0.2) is 0 Å². The number of hydrogen-bond acceptors (Lipinski definition) is 6. The van der Waals surface area contributed by atoms with Crippen molar-refractivity contribution in [3.8, 4) is 5.75 Å². The van der Waals surface area contributed by atoms with E-state index in [2.05, 4.69) is 66.4 Å². The zero-order valence-corrected chi connectivity index (χ0v) is 27.2. The second kappa shape index (κ2) is 13.7. The third kappa shape index (κ3) is 6.68. The summed E-state index contributed by atoms with van der Waals surface area (Å²) in [7, 11) is 0. The van der Waals surface area contributed by atoms with E-state index >= 15 is 0 Å². The van der Waals surface area contributed by atoms with Gasteiger partial charge in [-0.25, -0.2) is 0 Å². The van der Waals surface area contributed by atoms with Crippen molar-refractivity contribution in [3.05, 3.63) is 140 Å². The molecule has 1 aliphatic rings. The minimum absolute atomic E-state index is 0.0473. The molecule has 5 aromatic rings. The number of amides is 1. The largest absolute Gasteiger partial charge is 0.491 e. The van der Waals surface area contributed by atoms with Crippen molar-refractivity contribution in [2.45, 2.75) is 19.5 Å². The minimum Gasteiger partial charge on any atom is -0.491 e. The van der Waals surface area contributed by atoms with E-state index in [0.29, 0.717) is 44.6 Å². The van der Waals surface area contributed by atoms with Crippen LogP contribution < -0.4 is 9.64 Å². The summed E-state index contributed by atoms with van der Waals surface area (Å²) in [4.78, 5) is 27.0. The molecule has 0 spiro atoms. The number of ketones is 1. The molecule has 1 aromatic heterocycles. The fourth-order valence-corrected chi connectivity index (χ4v) is 6.91. The molecule has 8 nitrogen and oxygen atoms in total. The zero-order chi connectivity index (χ0) is 31.3. The minimum atomic E-state index is -0.590. The summed E-state index contributed by atoms with van der Waals surface area (Å²) in [5.41, 5.74) is 6.88. The van der Waals surface area contributed by atoms with Gasteiger partial charge in [0.25, 0.3) is 11.7 Å². The van der Waals surface area contributed by atoms with Crippen molar-refractivity contribution >= 4 is 60.4 Å². The van der Waals surface area contributed by atoms with Gasteiger partial charge in [0.1, 0.15) is 18.1 Å². The Morgan fingerprint density at radius 3 is 2.20 bits per heavy atom. The summed E-state index contributed by atoms with van der Waals surface area (Å²) in [5, 5.41) is 17.9. The number of allylic oxidation sites excluding steroid dienone is 1. The van der Waals surface area contributed by atoms with Crippen LogP contribution in [-0.4, -0.2) is 45.0 Å². The molecule has 1 amide bonds. The first kappa shape index (κ1) is 30.6. The van der Waals surface area contributed by atoms with Crippen molar-refractivity contribution in [1.82, 2.24) is 15.0 Å². The van der Waals surface area contributed by atoms with Crippen LogP contribution in [0.3, 0.4) is 0 Å². The number of fused-ring (bicyclic) bond motifs is 1. The topological polar surface area (TPSA) is 97.6 Å². The van der Waals surface area contributed by atoms with Crippen molar-refractivity contribution in [2.75, 3.05) is 18.1 Å². The molecule has 0 radical (unpaired) electrons. The second-order valence-corrected chi connectivity index (χ2v) is 12.2. The van der Waals surface area contributed by atoms with Gasteiger partial charge in [0, 0.05) is 15.5 Å². The monoisotopic (exact) mass is 726 g/mol. The number of benzene rings is 4. The van der Waals surface area contributed by atoms with Gasteiger partial charge in [-0.15, -0.1) is 5.10 Å². The maximum Gasteiger partial charge on any atom is 0.299 e. The predicted octanol–water partition coefficient (Wildman–Crippen LogP) is 6.95. The van der Waals surface area contributed by atoms with E-state index in [4.69, 9.17) is 9.84 Å². The molecule has 4 aromatic carbocycles. The Bertz CT molecular complexity index is 1870. The first-order chi connectivity index (χ1) is 21.9. The highest BCUT2D eigenvalue weighted by atomic mass is 79.9. The van der Waals surface area contributed by atoms with Crippen LogP contribution in [0.15, 0.2) is 112 Å². The van der Waals surface area contributed by atoms with E-state index < -0.39 is 11.7 Å². The van der Waals surface area contributed by atoms with Gasteiger partial charge in [-0.1, -0.05) is 93.9 Å². The Morgan fingerprint density at radius 2 is 1.51 bits per heavy atom. The van der Waals surface area contributed by atoms with Crippen molar-refractivity contribution in [1.29, 1.82) is 0 Å². The maximum atomic E-state index is 12.9. The lowest BCUT2D eigenvalue weighted by molar-refractivity contribution is -0.114. The molecule has 0 bridgehead atoms. The Labute approximate surface area is 277 Å². The average Bonchev–Trinajstić information content (AvgIpc) is 3.61. The highest BCUT2D eigenvalue weighted by molar-refractivity contribution is 9.11. The summed E-state index contributed by atoms with van der Waals surface area (Å²) in [6.45, 7) is 0.846. The molecule has 226 valence electrons. The Balaban J connectivity index is 1.31. The van der Waals surface area contributed by atoms with Crippen LogP contribution in [0.25, 0.3) is 11.1 Å². The summed E-state index contributed by atoms with van der Waals surface area (Å²) in [6, 6.07) is 31.9. The highest BCUT2D eigenvalue weighted by Gasteiger charge is 2.38. The number of carbonyl (C=O) groups excluding carboxylic acids is 2. The molecule has 1 N–H and O–H groups in total. The van der Waals surface area contributed by atoms with Gasteiger partial charge in [0.05, 0.1) is 30.6 Å². The molecule has 0 fully saturated rings. The molecule has 1 aliphatic heterocycles. The molecule has 10 heteroatoms. The molecule has 0 aliphatic carbocycles. The maximum absolute atomic E-state index is 12.9. The molecule has 0 saturated carbocycles. The number of nitrogens with zero attached hydrogens (tertiary/aromatic N) is 4. The summed E-state index contributed by atoms with van der Waals surface area (Å²) in [5.74, 6) is -0.441. The van der Waals surface area contributed by atoms with Crippen LogP contribution in [0.2, 0.25) is 0 Å². The van der Waals surface area contributed by atoms with E-state index in [1.807, 2.05) is 72.9 Å². The van der Waals surface area contributed by atoms with Crippen molar-refractivity contribution in [3.63, 3.8) is 0 Å². The highest BCUT2D eigenvalue weighted by Crippen LogP contribution is 2.39. The quantitative estimate of drug-likeness (QED) is 0.117. The van der Waals surface area contributed by atoms with Gasteiger partial charge in [-0.3, -0.25) is 19.2 Å². The van der Waals surface area contributed by atoms with Crippen LogP contribution in [-0.2, 0) is 17.9 Å². The number of aliphatic hydroxyl groups excluding tert-OH is 1. The molecule has 6 rings (SSSR count). The van der Waals surface area contributed by atoms with Gasteiger partial charge >= 0.3 is 0 Å². The first-order valence-electron chi connectivity index (χ1n) is 14.3. The SMILES string of the molecule is O=C1C(=O)N(Cc2cn(CC/C(=C(\c3ccccc3)c3ccc(OCCO)cc3)c3ccccc3)nn2)c2c(Br)cc(Br)cc21. The van der Waals surface area contributed by atoms with E-state index in [9.17, 15) is 9.59 Å². The van der Waals surface area contributed by atoms with Crippen molar-refractivity contribution in [2.24, 2.45) is 0 Å². The van der Waals surface area contributed by atoms with E-state index in [0.717, 1.165) is 27.8 Å². The second-order valence-electron chi connectivity index (χ2n) is 10.4. The van der Waals surface area contributed by atoms with Gasteiger partial charge in [0.2, 0.25) is 0 Å². The molecular formula is C35H28Br2N4O4. The lowest BCUT2D eigenvalue weighted by atomic mass is 9.88. The summed E-state index contributed by atoms with van der Waals surface area (Å²) < 4.78 is 8.74. The average molecular weight is 728 g/mol. The number of ether oxygens (including phenoxy) is 1. The molecule has 0 saturated heterocycles. The van der Waals surface area contributed by atoms with Crippen LogP contribution >= 0.6 is 31.9 Å². The zero-order valence-electron chi connectivity index (χ0n) is 24.1. The number of halogens is 2. The Kier molecular flexibility index (Phi) is 9.34. The third-order valence-electron chi connectivity index (χ3n) is 7.47. The number of hydrogen-bond donors (Lipinski definition) is 1. The van der Waals surface area contributed by atoms with E-state index in [1.165, 1.54) is 4.90 Å². The van der Waals surface area contributed by atoms with Gasteiger partial charge in [-0.05, 0) is 74.5 Å². The molecule has 2 heterocycles. The fraction of sp³-hybridized carbons (Fsp3) is 0.143. The normalized spacial score (nSPS) is 13.2. The standard InChI is InChI=1S/C35H28Br2N4O4/c36-26-19-30-33(31(37)20-26)41(35(44)34(30)43)22-27-21-40(39-38-27)16-15-29(23-7-3-1-4-8-23)32(24-9-5-2-6-10-24)25-11-13-28(14-12-25)45-18-17-42/h1-14,19-21,42H,15-18,22H2/b32-29-. The van der Waals surface area contributed by atoms with Crippen LogP contribution in [0.1, 0.15) is 39.2 Å². The van der Waals surface area contributed by atoms with E-state index in [1.54, 1.807) is 10.7 Å². The van der Waals surface area contributed by atoms with Crippen LogP contribution in [0.5, 0.6) is 5.75 Å². The van der Waals surface area contributed by atoms with Gasteiger partial charge < -0.3 is 9.84 Å². The number of carbonyl (C=O) groups is 2. The van der Waals surface area contributed by atoms with Crippen LogP contribution in [0, 0.1) is 0 Å². The first-order valence-corrected chi connectivity index (χ1v) is 15.9. The summed E-state index contributed by atoms with van der Waals surface area (Å²) in [6.07, 6.45) is 2.46.